The number of pyridine rings is 1. The van der Waals surface area contributed by atoms with Gasteiger partial charge in [-0.05, 0) is 24.5 Å². The minimum atomic E-state index is -1.05. The van der Waals surface area contributed by atoms with E-state index in [0.717, 1.165) is 5.69 Å². The zero-order valence-electron chi connectivity index (χ0n) is 11.0. The van der Waals surface area contributed by atoms with Crippen LogP contribution in [-0.4, -0.2) is 28.0 Å². The number of carboxylic acid groups (broad SMARTS) is 1. The first kappa shape index (κ1) is 14.2. The lowest BCUT2D eigenvalue weighted by molar-refractivity contribution is -0.142. The lowest BCUT2D eigenvalue weighted by atomic mass is 9.86. The van der Waals surface area contributed by atoms with Gasteiger partial charge in [-0.3, -0.25) is 9.78 Å². The number of aromatic nitrogens is 1. The zero-order valence-corrected chi connectivity index (χ0v) is 11.0. The number of aryl methyl sites for hydroxylation is 1. The summed E-state index contributed by atoms with van der Waals surface area (Å²) in [6.45, 7) is 7.11. The average molecular weight is 250 g/mol. The Labute approximate surface area is 106 Å². The van der Waals surface area contributed by atoms with Crippen molar-refractivity contribution in [2.75, 3.05) is 0 Å². The van der Waals surface area contributed by atoms with E-state index in [4.69, 9.17) is 5.11 Å². The largest absolute Gasteiger partial charge is 0.480 e. The third kappa shape index (κ3) is 3.55. The van der Waals surface area contributed by atoms with Crippen LogP contribution in [0.5, 0.6) is 0 Å². The number of amides is 1. The van der Waals surface area contributed by atoms with Crippen molar-refractivity contribution >= 4 is 11.9 Å². The van der Waals surface area contributed by atoms with Crippen molar-refractivity contribution in [1.29, 1.82) is 0 Å². The maximum absolute atomic E-state index is 11.9. The second-order valence-electron chi connectivity index (χ2n) is 5.30. The van der Waals surface area contributed by atoms with E-state index in [1.807, 2.05) is 6.92 Å². The first-order valence-corrected chi connectivity index (χ1v) is 5.68. The molecule has 0 aliphatic carbocycles. The molecule has 1 amide bonds. The summed E-state index contributed by atoms with van der Waals surface area (Å²) in [6.07, 6.45) is 1.44. The summed E-state index contributed by atoms with van der Waals surface area (Å²) in [7, 11) is 0. The van der Waals surface area contributed by atoms with Crippen LogP contribution in [0.1, 0.15) is 36.8 Å². The smallest absolute Gasteiger partial charge is 0.326 e. The molecule has 0 aliphatic heterocycles. The highest BCUT2D eigenvalue weighted by atomic mass is 16.4. The molecule has 0 bridgehead atoms. The second kappa shape index (κ2) is 5.16. The Hall–Kier alpha value is -1.91. The molecule has 1 atom stereocenters. The van der Waals surface area contributed by atoms with E-state index in [1.54, 1.807) is 32.9 Å². The van der Waals surface area contributed by atoms with E-state index in [2.05, 4.69) is 10.3 Å². The quantitative estimate of drug-likeness (QED) is 0.854. The summed E-state index contributed by atoms with van der Waals surface area (Å²) < 4.78 is 0. The lowest BCUT2D eigenvalue weighted by Crippen LogP contribution is -2.49. The summed E-state index contributed by atoms with van der Waals surface area (Å²) >= 11 is 0. The van der Waals surface area contributed by atoms with Crippen molar-refractivity contribution in [3.8, 4) is 0 Å². The van der Waals surface area contributed by atoms with Gasteiger partial charge < -0.3 is 10.4 Å². The number of carbonyl (C=O) groups excluding carboxylic acids is 1. The van der Waals surface area contributed by atoms with Crippen LogP contribution < -0.4 is 5.32 Å². The summed E-state index contributed by atoms with van der Waals surface area (Å²) in [5.74, 6) is -1.47. The number of nitrogens with zero attached hydrogens (tertiary/aromatic N) is 1. The maximum Gasteiger partial charge on any atom is 0.326 e. The van der Waals surface area contributed by atoms with Gasteiger partial charge in [0.05, 0.1) is 5.56 Å². The number of carbonyl (C=O) groups is 2. The summed E-state index contributed by atoms with van der Waals surface area (Å²) in [6, 6.07) is 2.40. The highest BCUT2D eigenvalue weighted by molar-refractivity contribution is 5.96. The van der Waals surface area contributed by atoms with Gasteiger partial charge in [0.2, 0.25) is 0 Å². The molecular formula is C13H18N2O3. The van der Waals surface area contributed by atoms with Gasteiger partial charge in [-0.25, -0.2) is 4.79 Å². The molecule has 0 fully saturated rings. The van der Waals surface area contributed by atoms with E-state index >= 15 is 0 Å². The van der Waals surface area contributed by atoms with Crippen LogP contribution in [0.15, 0.2) is 18.3 Å². The summed E-state index contributed by atoms with van der Waals surface area (Å²) in [5.41, 5.74) is 0.604. The summed E-state index contributed by atoms with van der Waals surface area (Å²) in [4.78, 5) is 27.0. The molecule has 1 heterocycles. The van der Waals surface area contributed by atoms with Crippen LogP contribution in [0.2, 0.25) is 0 Å². The Morgan fingerprint density at radius 1 is 1.33 bits per heavy atom. The van der Waals surface area contributed by atoms with E-state index in [0.29, 0.717) is 5.56 Å². The molecule has 1 aromatic rings. The van der Waals surface area contributed by atoms with Crippen LogP contribution in [0, 0.1) is 12.3 Å². The predicted octanol–water partition coefficient (Wildman–Crippen LogP) is 1.62. The number of rotatable bonds is 3. The average Bonchev–Trinajstić information content (AvgIpc) is 2.24. The fourth-order valence-corrected chi connectivity index (χ4v) is 1.47. The Morgan fingerprint density at radius 3 is 2.33 bits per heavy atom. The van der Waals surface area contributed by atoms with Gasteiger partial charge in [0.25, 0.3) is 5.91 Å². The normalized spacial score (nSPS) is 12.9. The fourth-order valence-electron chi connectivity index (χ4n) is 1.47. The van der Waals surface area contributed by atoms with Crippen molar-refractivity contribution in [2.24, 2.45) is 5.41 Å². The fraction of sp³-hybridized carbons (Fsp3) is 0.462. The number of carboxylic acids is 1. The monoisotopic (exact) mass is 250 g/mol. The van der Waals surface area contributed by atoms with Gasteiger partial charge in [0.15, 0.2) is 0 Å². The Bertz CT molecular complexity index is 446. The molecule has 18 heavy (non-hydrogen) atoms. The van der Waals surface area contributed by atoms with Crippen LogP contribution in [0.4, 0.5) is 0 Å². The minimum absolute atomic E-state index is 0.358. The minimum Gasteiger partial charge on any atom is -0.480 e. The zero-order chi connectivity index (χ0) is 13.9. The number of aliphatic carboxylic acids is 1. The molecule has 0 spiro atoms. The SMILES string of the molecule is Cc1ccc(C(=O)N[C@@H](C(=O)O)C(C)(C)C)cn1. The topological polar surface area (TPSA) is 79.3 Å². The van der Waals surface area contributed by atoms with Crippen molar-refractivity contribution in [3.63, 3.8) is 0 Å². The van der Waals surface area contributed by atoms with E-state index in [-0.39, 0.29) is 0 Å². The maximum atomic E-state index is 11.9. The Balaban J connectivity index is 2.86. The van der Waals surface area contributed by atoms with E-state index in [1.165, 1.54) is 6.20 Å². The molecule has 1 aromatic heterocycles. The Kier molecular flexibility index (Phi) is 4.06. The van der Waals surface area contributed by atoms with Crippen LogP contribution in [0.3, 0.4) is 0 Å². The van der Waals surface area contributed by atoms with Crippen molar-refractivity contribution < 1.29 is 14.7 Å². The first-order chi connectivity index (χ1) is 8.21. The van der Waals surface area contributed by atoms with Gasteiger partial charge in [0, 0.05) is 11.9 Å². The second-order valence-corrected chi connectivity index (χ2v) is 5.30. The highest BCUT2D eigenvalue weighted by Gasteiger charge is 2.32. The van der Waals surface area contributed by atoms with Gasteiger partial charge >= 0.3 is 5.97 Å². The van der Waals surface area contributed by atoms with Crippen molar-refractivity contribution in [3.05, 3.63) is 29.6 Å². The van der Waals surface area contributed by atoms with Crippen molar-refractivity contribution in [2.45, 2.75) is 33.7 Å². The number of hydrogen-bond donors (Lipinski definition) is 2. The molecular weight excluding hydrogens is 232 g/mol. The molecule has 5 heteroatoms. The number of hydrogen-bond acceptors (Lipinski definition) is 3. The summed E-state index contributed by atoms with van der Waals surface area (Å²) in [5, 5.41) is 11.6. The van der Waals surface area contributed by atoms with Gasteiger partial charge in [-0.1, -0.05) is 20.8 Å². The molecule has 0 aromatic carbocycles. The third-order valence-electron chi connectivity index (χ3n) is 2.56. The molecule has 0 aliphatic rings. The van der Waals surface area contributed by atoms with E-state index < -0.39 is 23.3 Å². The molecule has 5 nitrogen and oxygen atoms in total. The molecule has 0 saturated carbocycles. The first-order valence-electron chi connectivity index (χ1n) is 5.68. The predicted molar refractivity (Wildman–Crippen MR) is 67.3 cm³/mol. The lowest BCUT2D eigenvalue weighted by Gasteiger charge is -2.27. The van der Waals surface area contributed by atoms with Crippen molar-refractivity contribution in [1.82, 2.24) is 10.3 Å². The van der Waals surface area contributed by atoms with Gasteiger partial charge in [-0.15, -0.1) is 0 Å². The van der Waals surface area contributed by atoms with E-state index in [9.17, 15) is 9.59 Å². The highest BCUT2D eigenvalue weighted by Crippen LogP contribution is 2.19. The van der Waals surface area contributed by atoms with Crippen LogP contribution in [-0.2, 0) is 4.79 Å². The van der Waals surface area contributed by atoms with Gasteiger partial charge in [-0.2, -0.15) is 0 Å². The molecule has 0 saturated heterocycles. The third-order valence-corrected chi connectivity index (χ3v) is 2.56. The standard InChI is InChI=1S/C13H18N2O3/c1-8-5-6-9(7-14-8)11(16)15-10(12(17)18)13(2,3)4/h5-7,10H,1-4H3,(H,15,16)(H,17,18)/t10-/m0/s1. The Morgan fingerprint density at radius 2 is 1.94 bits per heavy atom. The molecule has 0 radical (unpaired) electrons. The molecule has 98 valence electrons. The molecule has 1 rings (SSSR count). The molecule has 2 N–H and O–H groups in total. The van der Waals surface area contributed by atoms with Crippen LogP contribution in [0.25, 0.3) is 0 Å². The van der Waals surface area contributed by atoms with Gasteiger partial charge in [0.1, 0.15) is 6.04 Å². The van der Waals surface area contributed by atoms with Crippen LogP contribution >= 0.6 is 0 Å². The number of nitrogens with one attached hydrogen (secondary N) is 1. The molecule has 0 unspecified atom stereocenters.